The van der Waals surface area contributed by atoms with Gasteiger partial charge in [-0.2, -0.15) is 0 Å². The zero-order valence-corrected chi connectivity index (χ0v) is 13.2. The summed E-state index contributed by atoms with van der Waals surface area (Å²) in [6.45, 7) is 9.70. The van der Waals surface area contributed by atoms with Gasteiger partial charge in [0.15, 0.2) is 0 Å². The van der Waals surface area contributed by atoms with Crippen LogP contribution < -0.4 is 5.73 Å². The van der Waals surface area contributed by atoms with E-state index >= 15 is 0 Å². The molecule has 20 heavy (non-hydrogen) atoms. The van der Waals surface area contributed by atoms with E-state index in [0.29, 0.717) is 13.2 Å². The number of hydrogen-bond donors (Lipinski definition) is 1. The van der Waals surface area contributed by atoms with Crippen LogP contribution in [0.5, 0.6) is 0 Å². The Hall–Kier alpha value is -0.840. The lowest BCUT2D eigenvalue weighted by molar-refractivity contribution is 0.0659. The molecule has 4 heteroatoms. The van der Waals surface area contributed by atoms with Crippen molar-refractivity contribution >= 4 is 0 Å². The molecule has 0 radical (unpaired) electrons. The monoisotopic (exact) mass is 280 g/mol. The molecule has 1 atom stereocenters. The van der Waals surface area contributed by atoms with Gasteiger partial charge in [0, 0.05) is 31.1 Å². The molecule has 0 aromatic carbocycles. The van der Waals surface area contributed by atoms with Crippen molar-refractivity contribution < 1.29 is 9.47 Å². The average molecular weight is 280 g/mol. The first-order valence-corrected chi connectivity index (χ1v) is 7.46. The van der Waals surface area contributed by atoms with E-state index < -0.39 is 0 Å². The van der Waals surface area contributed by atoms with Crippen LogP contribution in [-0.4, -0.2) is 31.5 Å². The summed E-state index contributed by atoms with van der Waals surface area (Å²) in [7, 11) is 1.69. The van der Waals surface area contributed by atoms with Crippen LogP contribution in [0.15, 0.2) is 6.07 Å². The second-order valence-electron chi connectivity index (χ2n) is 6.60. The van der Waals surface area contributed by atoms with E-state index in [9.17, 15) is 0 Å². The van der Waals surface area contributed by atoms with Crippen LogP contribution in [0.2, 0.25) is 0 Å². The summed E-state index contributed by atoms with van der Waals surface area (Å²) >= 11 is 0. The van der Waals surface area contributed by atoms with Crippen LogP contribution in [0.1, 0.15) is 43.3 Å². The highest BCUT2D eigenvalue weighted by atomic mass is 16.5. The molecule has 0 spiro atoms. The number of methoxy groups -OCH3 is 1. The minimum absolute atomic E-state index is 0.170. The van der Waals surface area contributed by atoms with Gasteiger partial charge in [0.25, 0.3) is 0 Å². The van der Waals surface area contributed by atoms with Crippen molar-refractivity contribution in [3.63, 3.8) is 0 Å². The van der Waals surface area contributed by atoms with Gasteiger partial charge in [-0.1, -0.05) is 13.8 Å². The predicted octanol–water partition coefficient (Wildman–Crippen LogP) is 2.43. The van der Waals surface area contributed by atoms with Crippen molar-refractivity contribution in [1.29, 1.82) is 0 Å². The Morgan fingerprint density at radius 3 is 2.80 bits per heavy atom. The quantitative estimate of drug-likeness (QED) is 0.814. The van der Waals surface area contributed by atoms with Gasteiger partial charge in [-0.3, -0.25) is 0 Å². The summed E-state index contributed by atoms with van der Waals surface area (Å²) in [4.78, 5) is 0. The van der Waals surface area contributed by atoms with E-state index in [4.69, 9.17) is 15.2 Å². The highest BCUT2D eigenvalue weighted by Crippen LogP contribution is 2.40. The molecule has 1 aromatic heterocycles. The van der Waals surface area contributed by atoms with Crippen molar-refractivity contribution in [2.45, 2.75) is 46.2 Å². The summed E-state index contributed by atoms with van der Waals surface area (Å²) in [5.74, 6) is 0. The maximum Gasteiger partial charge on any atom is 0.0701 e. The zero-order valence-electron chi connectivity index (χ0n) is 13.2. The van der Waals surface area contributed by atoms with Crippen LogP contribution in [0.4, 0.5) is 0 Å². The number of ether oxygens (including phenoxy) is 2. The van der Waals surface area contributed by atoms with Crippen molar-refractivity contribution in [3.8, 4) is 0 Å². The fourth-order valence-electron chi connectivity index (χ4n) is 3.22. The standard InChI is InChI=1S/C16H28N2O2/c1-12-9-13-14(17)10-16(2,3)11-15(13)18(12)5-6-20-8-7-19-4/h9,14H,5-8,10-11,17H2,1-4H3. The number of aryl methyl sites for hydroxylation is 1. The van der Waals surface area contributed by atoms with E-state index in [0.717, 1.165) is 26.0 Å². The number of nitrogens with zero attached hydrogens (tertiary/aromatic N) is 1. The Kier molecular flexibility index (Phi) is 4.89. The third kappa shape index (κ3) is 3.43. The molecule has 0 bridgehead atoms. The molecule has 1 unspecified atom stereocenters. The van der Waals surface area contributed by atoms with E-state index in [2.05, 4.69) is 31.4 Å². The maximum atomic E-state index is 6.34. The maximum absolute atomic E-state index is 6.34. The van der Waals surface area contributed by atoms with Crippen LogP contribution >= 0.6 is 0 Å². The van der Waals surface area contributed by atoms with E-state index in [1.54, 1.807) is 7.11 Å². The van der Waals surface area contributed by atoms with Crippen LogP contribution in [0.25, 0.3) is 0 Å². The Morgan fingerprint density at radius 2 is 2.10 bits per heavy atom. The topological polar surface area (TPSA) is 49.4 Å². The van der Waals surface area contributed by atoms with Gasteiger partial charge in [0.05, 0.1) is 19.8 Å². The smallest absolute Gasteiger partial charge is 0.0701 e. The lowest BCUT2D eigenvalue weighted by Gasteiger charge is -2.34. The number of aromatic nitrogens is 1. The van der Waals surface area contributed by atoms with Crippen LogP contribution in [0.3, 0.4) is 0 Å². The van der Waals surface area contributed by atoms with Gasteiger partial charge in [0.1, 0.15) is 0 Å². The lowest BCUT2D eigenvalue weighted by atomic mass is 9.74. The number of fused-ring (bicyclic) bond motifs is 1. The first kappa shape index (κ1) is 15.5. The summed E-state index contributed by atoms with van der Waals surface area (Å²) in [6.07, 6.45) is 2.16. The molecule has 1 aliphatic carbocycles. The molecule has 0 saturated heterocycles. The summed E-state index contributed by atoms with van der Waals surface area (Å²) < 4.78 is 13.0. The molecule has 4 nitrogen and oxygen atoms in total. The van der Waals surface area contributed by atoms with E-state index in [1.165, 1.54) is 17.0 Å². The molecule has 114 valence electrons. The number of nitrogens with two attached hydrogens (primary N) is 1. The molecule has 0 aliphatic heterocycles. The SMILES string of the molecule is COCCOCCn1c(C)cc2c1CC(C)(C)CC2N. The zero-order chi connectivity index (χ0) is 14.8. The number of rotatable bonds is 6. The molecule has 0 fully saturated rings. The Bertz CT molecular complexity index is 452. The molecule has 2 N–H and O–H groups in total. The van der Waals surface area contributed by atoms with E-state index in [-0.39, 0.29) is 11.5 Å². The minimum Gasteiger partial charge on any atom is -0.382 e. The minimum atomic E-state index is 0.170. The Labute approximate surface area is 122 Å². The molecular formula is C16H28N2O2. The fraction of sp³-hybridized carbons (Fsp3) is 0.750. The van der Waals surface area contributed by atoms with Gasteiger partial charge < -0.3 is 19.8 Å². The van der Waals surface area contributed by atoms with Gasteiger partial charge in [-0.15, -0.1) is 0 Å². The first-order valence-electron chi connectivity index (χ1n) is 7.46. The van der Waals surface area contributed by atoms with E-state index in [1.807, 2.05) is 0 Å². The molecule has 1 aliphatic rings. The van der Waals surface area contributed by atoms with Crippen molar-refractivity contribution in [3.05, 3.63) is 23.0 Å². The largest absolute Gasteiger partial charge is 0.382 e. The fourth-order valence-corrected chi connectivity index (χ4v) is 3.22. The summed E-state index contributed by atoms with van der Waals surface area (Å²) in [5, 5.41) is 0. The van der Waals surface area contributed by atoms with Gasteiger partial charge in [-0.05, 0) is 36.8 Å². The van der Waals surface area contributed by atoms with Crippen molar-refractivity contribution in [2.75, 3.05) is 26.9 Å². The first-order chi connectivity index (χ1) is 9.44. The van der Waals surface area contributed by atoms with Crippen LogP contribution in [0, 0.1) is 12.3 Å². The molecular weight excluding hydrogens is 252 g/mol. The Balaban J connectivity index is 2.07. The van der Waals surface area contributed by atoms with Gasteiger partial charge >= 0.3 is 0 Å². The Morgan fingerprint density at radius 1 is 1.35 bits per heavy atom. The molecule has 1 heterocycles. The molecule has 2 rings (SSSR count). The lowest BCUT2D eigenvalue weighted by Crippen LogP contribution is -2.30. The second-order valence-corrected chi connectivity index (χ2v) is 6.60. The van der Waals surface area contributed by atoms with Gasteiger partial charge in [-0.25, -0.2) is 0 Å². The van der Waals surface area contributed by atoms with Crippen LogP contribution in [-0.2, 0) is 22.4 Å². The molecule has 0 saturated carbocycles. The highest BCUT2D eigenvalue weighted by molar-refractivity contribution is 5.34. The van der Waals surface area contributed by atoms with Crippen molar-refractivity contribution in [2.24, 2.45) is 11.1 Å². The van der Waals surface area contributed by atoms with Crippen molar-refractivity contribution in [1.82, 2.24) is 4.57 Å². The third-order valence-electron chi connectivity index (χ3n) is 4.16. The normalized spacial score (nSPS) is 20.9. The predicted molar refractivity (Wildman–Crippen MR) is 80.9 cm³/mol. The molecule has 0 amide bonds. The second kappa shape index (κ2) is 6.29. The molecule has 1 aromatic rings. The third-order valence-corrected chi connectivity index (χ3v) is 4.16. The summed E-state index contributed by atoms with van der Waals surface area (Å²) in [5.41, 5.74) is 10.6. The van der Waals surface area contributed by atoms with Gasteiger partial charge in [0.2, 0.25) is 0 Å². The highest BCUT2D eigenvalue weighted by Gasteiger charge is 2.33. The average Bonchev–Trinajstić information content (AvgIpc) is 2.65. The number of hydrogen-bond acceptors (Lipinski definition) is 3. The summed E-state index contributed by atoms with van der Waals surface area (Å²) in [6, 6.07) is 2.42.